The third kappa shape index (κ3) is 4.16. The average Bonchev–Trinajstić information content (AvgIpc) is 2.28. The van der Waals surface area contributed by atoms with Crippen molar-refractivity contribution in [2.45, 2.75) is 13.0 Å². The molecule has 0 aromatic heterocycles. The second-order valence-corrected chi connectivity index (χ2v) is 4.30. The molecule has 16 heavy (non-hydrogen) atoms. The summed E-state index contributed by atoms with van der Waals surface area (Å²) in [4.78, 5) is 11.4. The maximum atomic E-state index is 11.4. The van der Waals surface area contributed by atoms with Crippen molar-refractivity contribution in [1.29, 1.82) is 0 Å². The van der Waals surface area contributed by atoms with Crippen LogP contribution in [-0.2, 0) is 4.79 Å². The van der Waals surface area contributed by atoms with Crippen molar-refractivity contribution >= 4 is 27.9 Å². The van der Waals surface area contributed by atoms with Gasteiger partial charge in [-0.15, -0.1) is 0 Å². The minimum Gasteiger partial charge on any atom is -0.394 e. The summed E-state index contributed by atoms with van der Waals surface area (Å²) in [6.45, 7) is 1.68. The molecule has 1 atom stereocenters. The van der Waals surface area contributed by atoms with Crippen LogP contribution >= 0.6 is 15.9 Å². The first-order chi connectivity index (χ1) is 7.63. The topological polar surface area (TPSA) is 49.3 Å². The predicted molar refractivity (Wildman–Crippen MR) is 67.9 cm³/mol. The Morgan fingerprint density at radius 1 is 1.56 bits per heavy atom. The number of nitrogens with one attached hydrogen (secondary N) is 1. The molecule has 0 fully saturated rings. The van der Waals surface area contributed by atoms with E-state index in [2.05, 4.69) is 21.2 Å². The molecular weight excluding hydrogens is 270 g/mol. The summed E-state index contributed by atoms with van der Waals surface area (Å²) in [5, 5.41) is 11.4. The minimum atomic E-state index is -0.226. The van der Waals surface area contributed by atoms with E-state index in [0.29, 0.717) is 0 Å². The van der Waals surface area contributed by atoms with Gasteiger partial charge in [0.25, 0.3) is 0 Å². The lowest BCUT2D eigenvalue weighted by Crippen LogP contribution is -2.33. The van der Waals surface area contributed by atoms with Crippen LogP contribution in [0.3, 0.4) is 0 Å². The SMILES string of the molecule is CC(CO)NC(=O)/C=C/c1ccccc1Br. The van der Waals surface area contributed by atoms with Crippen molar-refractivity contribution in [3.8, 4) is 0 Å². The molecule has 0 aliphatic heterocycles. The van der Waals surface area contributed by atoms with Crippen LogP contribution in [0.25, 0.3) is 6.08 Å². The summed E-state index contributed by atoms with van der Waals surface area (Å²) in [5.74, 6) is -0.211. The van der Waals surface area contributed by atoms with Gasteiger partial charge in [-0.2, -0.15) is 0 Å². The number of rotatable bonds is 4. The lowest BCUT2D eigenvalue weighted by Gasteiger charge is -2.07. The fraction of sp³-hybridized carbons (Fsp3) is 0.250. The maximum absolute atomic E-state index is 11.4. The quantitative estimate of drug-likeness (QED) is 0.830. The predicted octanol–water partition coefficient (Wildman–Crippen LogP) is 1.96. The van der Waals surface area contributed by atoms with E-state index in [1.807, 2.05) is 24.3 Å². The number of aliphatic hydroxyl groups excluding tert-OH is 1. The first-order valence-electron chi connectivity index (χ1n) is 4.97. The molecule has 1 aromatic rings. The Balaban J connectivity index is 2.60. The largest absolute Gasteiger partial charge is 0.394 e. The molecule has 0 radical (unpaired) electrons. The van der Waals surface area contributed by atoms with E-state index >= 15 is 0 Å². The molecule has 0 heterocycles. The Bertz CT molecular complexity index is 390. The van der Waals surface area contributed by atoms with Crippen LogP contribution in [0, 0.1) is 0 Å². The van der Waals surface area contributed by atoms with Gasteiger partial charge in [0.05, 0.1) is 6.61 Å². The smallest absolute Gasteiger partial charge is 0.244 e. The monoisotopic (exact) mass is 283 g/mol. The van der Waals surface area contributed by atoms with E-state index in [1.54, 1.807) is 13.0 Å². The van der Waals surface area contributed by atoms with Crippen LogP contribution in [0.4, 0.5) is 0 Å². The fourth-order valence-electron chi connectivity index (χ4n) is 1.11. The Labute approximate surface area is 103 Å². The van der Waals surface area contributed by atoms with Gasteiger partial charge in [0.2, 0.25) is 5.91 Å². The van der Waals surface area contributed by atoms with E-state index < -0.39 is 0 Å². The van der Waals surface area contributed by atoms with Gasteiger partial charge < -0.3 is 10.4 Å². The number of aliphatic hydroxyl groups is 1. The molecule has 1 unspecified atom stereocenters. The average molecular weight is 284 g/mol. The molecule has 3 nitrogen and oxygen atoms in total. The molecule has 1 amide bonds. The lowest BCUT2D eigenvalue weighted by atomic mass is 10.2. The third-order valence-electron chi connectivity index (χ3n) is 1.98. The molecule has 1 aromatic carbocycles. The maximum Gasteiger partial charge on any atom is 0.244 e. The summed E-state index contributed by atoms with van der Waals surface area (Å²) in [5.41, 5.74) is 0.939. The second-order valence-electron chi connectivity index (χ2n) is 3.45. The summed E-state index contributed by atoms with van der Waals surface area (Å²) < 4.78 is 0.939. The minimum absolute atomic E-state index is 0.0609. The number of hydrogen-bond donors (Lipinski definition) is 2. The summed E-state index contributed by atoms with van der Waals surface area (Å²) in [6.07, 6.45) is 3.18. The van der Waals surface area contributed by atoms with Gasteiger partial charge in [0, 0.05) is 16.6 Å². The van der Waals surface area contributed by atoms with Crippen molar-refractivity contribution in [2.24, 2.45) is 0 Å². The van der Waals surface area contributed by atoms with Crippen molar-refractivity contribution in [3.63, 3.8) is 0 Å². The molecule has 0 bridgehead atoms. The molecule has 0 saturated carbocycles. The van der Waals surface area contributed by atoms with E-state index in [1.165, 1.54) is 6.08 Å². The van der Waals surface area contributed by atoms with Gasteiger partial charge in [-0.05, 0) is 24.6 Å². The summed E-state index contributed by atoms with van der Waals surface area (Å²) in [7, 11) is 0. The van der Waals surface area contributed by atoms with Crippen LogP contribution in [0.15, 0.2) is 34.8 Å². The van der Waals surface area contributed by atoms with Crippen LogP contribution in [0.1, 0.15) is 12.5 Å². The van der Waals surface area contributed by atoms with Crippen molar-refractivity contribution < 1.29 is 9.90 Å². The highest BCUT2D eigenvalue weighted by Crippen LogP contribution is 2.16. The zero-order valence-electron chi connectivity index (χ0n) is 8.98. The lowest BCUT2D eigenvalue weighted by molar-refractivity contribution is -0.117. The van der Waals surface area contributed by atoms with Gasteiger partial charge >= 0.3 is 0 Å². The molecule has 2 N–H and O–H groups in total. The molecule has 1 rings (SSSR count). The number of benzene rings is 1. The first kappa shape index (κ1) is 12.9. The van der Waals surface area contributed by atoms with E-state index in [9.17, 15) is 4.79 Å². The molecular formula is C12H14BrNO2. The van der Waals surface area contributed by atoms with Crippen molar-refractivity contribution in [1.82, 2.24) is 5.32 Å². The highest BCUT2D eigenvalue weighted by atomic mass is 79.9. The Kier molecular flexibility index (Phi) is 5.22. The van der Waals surface area contributed by atoms with Gasteiger partial charge in [-0.3, -0.25) is 4.79 Å². The molecule has 0 aliphatic carbocycles. The van der Waals surface area contributed by atoms with E-state index in [0.717, 1.165) is 10.0 Å². The fourth-order valence-corrected chi connectivity index (χ4v) is 1.53. The van der Waals surface area contributed by atoms with Crippen LogP contribution in [-0.4, -0.2) is 23.7 Å². The van der Waals surface area contributed by atoms with Gasteiger partial charge in [-0.1, -0.05) is 34.1 Å². The second kappa shape index (κ2) is 6.45. The van der Waals surface area contributed by atoms with Crippen molar-refractivity contribution in [3.05, 3.63) is 40.4 Å². The van der Waals surface area contributed by atoms with Crippen molar-refractivity contribution in [2.75, 3.05) is 6.61 Å². The van der Waals surface area contributed by atoms with E-state index in [-0.39, 0.29) is 18.6 Å². The Morgan fingerprint density at radius 2 is 2.25 bits per heavy atom. The zero-order chi connectivity index (χ0) is 12.0. The van der Waals surface area contributed by atoms with Crippen LogP contribution < -0.4 is 5.32 Å². The number of hydrogen-bond acceptors (Lipinski definition) is 2. The Hall–Kier alpha value is -1.13. The van der Waals surface area contributed by atoms with E-state index in [4.69, 9.17) is 5.11 Å². The summed E-state index contributed by atoms with van der Waals surface area (Å²) >= 11 is 3.39. The highest BCUT2D eigenvalue weighted by molar-refractivity contribution is 9.10. The molecule has 0 spiro atoms. The van der Waals surface area contributed by atoms with Gasteiger partial charge in [-0.25, -0.2) is 0 Å². The normalized spacial score (nSPS) is 12.7. The molecule has 4 heteroatoms. The number of amides is 1. The standard InChI is InChI=1S/C12H14BrNO2/c1-9(8-15)14-12(16)7-6-10-4-2-3-5-11(10)13/h2-7,9,15H,8H2,1H3,(H,14,16)/b7-6+. The van der Waals surface area contributed by atoms with Crippen LogP contribution in [0.2, 0.25) is 0 Å². The molecule has 0 aliphatic rings. The third-order valence-corrected chi connectivity index (χ3v) is 2.70. The highest BCUT2D eigenvalue weighted by Gasteiger charge is 2.02. The summed E-state index contributed by atoms with van der Waals surface area (Å²) in [6, 6.07) is 7.40. The van der Waals surface area contributed by atoms with Gasteiger partial charge in [0.15, 0.2) is 0 Å². The number of halogens is 1. The van der Waals surface area contributed by atoms with Gasteiger partial charge in [0.1, 0.15) is 0 Å². The van der Waals surface area contributed by atoms with Crippen LogP contribution in [0.5, 0.6) is 0 Å². The molecule has 86 valence electrons. The first-order valence-corrected chi connectivity index (χ1v) is 5.76. The molecule has 0 saturated heterocycles. The number of carbonyl (C=O) groups is 1. The Morgan fingerprint density at radius 3 is 2.88 bits per heavy atom. The zero-order valence-corrected chi connectivity index (χ0v) is 10.6. The number of carbonyl (C=O) groups excluding carboxylic acids is 1.